The van der Waals surface area contributed by atoms with E-state index in [1.807, 2.05) is 11.0 Å². The van der Waals surface area contributed by atoms with Crippen molar-refractivity contribution in [2.75, 3.05) is 32.7 Å². The number of likely N-dealkylation sites (tertiary alicyclic amines) is 1. The fourth-order valence-corrected chi connectivity index (χ4v) is 3.21. The summed E-state index contributed by atoms with van der Waals surface area (Å²) in [6.07, 6.45) is 0.977. The molecule has 1 aromatic carbocycles. The van der Waals surface area contributed by atoms with Gasteiger partial charge in [-0.2, -0.15) is 0 Å². The van der Waals surface area contributed by atoms with Gasteiger partial charge < -0.3 is 10.2 Å². The van der Waals surface area contributed by atoms with Crippen molar-refractivity contribution in [1.29, 1.82) is 0 Å². The van der Waals surface area contributed by atoms with E-state index in [1.165, 1.54) is 11.1 Å². The molecule has 1 unspecified atom stereocenters. The molecule has 4 heteroatoms. The van der Waals surface area contributed by atoms with Gasteiger partial charge in [-0.3, -0.25) is 9.69 Å². The molecule has 3 rings (SSSR count). The van der Waals surface area contributed by atoms with E-state index < -0.39 is 0 Å². The summed E-state index contributed by atoms with van der Waals surface area (Å²) in [4.78, 5) is 17.0. The first-order valence-electron chi connectivity index (χ1n) is 7.54. The van der Waals surface area contributed by atoms with Crippen LogP contribution in [0.4, 0.5) is 0 Å². The number of hydrogen-bond donors (Lipinski definition) is 1. The SMILES string of the molecule is Cc1ccccc1CN1CCC(N2CCNCC2)C1=O. The molecule has 2 aliphatic rings. The number of nitrogens with one attached hydrogen (secondary N) is 1. The lowest BCUT2D eigenvalue weighted by atomic mass is 10.1. The van der Waals surface area contributed by atoms with Gasteiger partial charge in [0.2, 0.25) is 5.91 Å². The van der Waals surface area contributed by atoms with Gasteiger partial charge in [0, 0.05) is 39.3 Å². The van der Waals surface area contributed by atoms with Gasteiger partial charge in [0.25, 0.3) is 0 Å². The maximum Gasteiger partial charge on any atom is 0.240 e. The monoisotopic (exact) mass is 273 g/mol. The molecule has 0 aliphatic carbocycles. The number of benzene rings is 1. The lowest BCUT2D eigenvalue weighted by Gasteiger charge is -2.31. The van der Waals surface area contributed by atoms with E-state index >= 15 is 0 Å². The number of carbonyl (C=O) groups excluding carboxylic acids is 1. The Bertz CT molecular complexity index is 482. The summed E-state index contributed by atoms with van der Waals surface area (Å²) in [5, 5.41) is 3.34. The fraction of sp³-hybridized carbons (Fsp3) is 0.562. The molecule has 2 saturated heterocycles. The van der Waals surface area contributed by atoms with E-state index in [9.17, 15) is 4.79 Å². The maximum atomic E-state index is 12.6. The summed E-state index contributed by atoms with van der Waals surface area (Å²) in [7, 11) is 0. The first kappa shape index (κ1) is 13.6. The zero-order chi connectivity index (χ0) is 13.9. The van der Waals surface area contributed by atoms with Gasteiger partial charge in [-0.1, -0.05) is 24.3 Å². The Morgan fingerprint density at radius 3 is 2.70 bits per heavy atom. The van der Waals surface area contributed by atoms with Crippen molar-refractivity contribution in [2.45, 2.75) is 25.9 Å². The van der Waals surface area contributed by atoms with E-state index in [4.69, 9.17) is 0 Å². The second-order valence-electron chi connectivity index (χ2n) is 5.78. The zero-order valence-corrected chi connectivity index (χ0v) is 12.1. The first-order chi connectivity index (χ1) is 9.75. The van der Waals surface area contributed by atoms with Crippen LogP contribution < -0.4 is 5.32 Å². The number of hydrogen-bond acceptors (Lipinski definition) is 3. The minimum absolute atomic E-state index is 0.112. The van der Waals surface area contributed by atoms with Crippen LogP contribution in [0.3, 0.4) is 0 Å². The fourth-order valence-electron chi connectivity index (χ4n) is 3.21. The molecule has 2 fully saturated rings. The minimum Gasteiger partial charge on any atom is -0.337 e. The zero-order valence-electron chi connectivity index (χ0n) is 12.1. The van der Waals surface area contributed by atoms with E-state index in [1.54, 1.807) is 0 Å². The van der Waals surface area contributed by atoms with Crippen LogP contribution in [0, 0.1) is 6.92 Å². The topological polar surface area (TPSA) is 35.6 Å². The molecular formula is C16H23N3O. The van der Waals surface area contributed by atoms with Gasteiger partial charge in [0.05, 0.1) is 6.04 Å². The molecule has 1 aromatic rings. The molecule has 0 bridgehead atoms. The third-order valence-electron chi connectivity index (χ3n) is 4.48. The maximum absolute atomic E-state index is 12.6. The van der Waals surface area contributed by atoms with Gasteiger partial charge in [-0.05, 0) is 24.5 Å². The van der Waals surface area contributed by atoms with Crippen LogP contribution in [-0.2, 0) is 11.3 Å². The molecule has 108 valence electrons. The Hall–Kier alpha value is -1.39. The third-order valence-corrected chi connectivity index (χ3v) is 4.48. The largest absolute Gasteiger partial charge is 0.337 e. The highest BCUT2D eigenvalue weighted by molar-refractivity contribution is 5.84. The normalized spacial score (nSPS) is 24.4. The second-order valence-corrected chi connectivity index (χ2v) is 5.78. The molecule has 4 nitrogen and oxygen atoms in total. The van der Waals surface area contributed by atoms with Gasteiger partial charge in [-0.25, -0.2) is 0 Å². The van der Waals surface area contributed by atoms with E-state index in [0.717, 1.165) is 45.7 Å². The predicted octanol–water partition coefficient (Wildman–Crippen LogP) is 1.00. The molecule has 2 aliphatic heterocycles. The Kier molecular flexibility index (Phi) is 4.03. The number of aryl methyl sites for hydroxylation is 1. The highest BCUT2D eigenvalue weighted by atomic mass is 16.2. The van der Waals surface area contributed by atoms with Crippen molar-refractivity contribution in [1.82, 2.24) is 15.1 Å². The van der Waals surface area contributed by atoms with E-state index in [0.29, 0.717) is 5.91 Å². The van der Waals surface area contributed by atoms with E-state index in [-0.39, 0.29) is 6.04 Å². The average Bonchev–Trinajstić information content (AvgIpc) is 2.84. The van der Waals surface area contributed by atoms with Crippen LogP contribution in [0.1, 0.15) is 17.5 Å². The highest BCUT2D eigenvalue weighted by Gasteiger charge is 2.36. The molecule has 2 heterocycles. The summed E-state index contributed by atoms with van der Waals surface area (Å²) >= 11 is 0. The molecule has 1 N–H and O–H groups in total. The Balaban J connectivity index is 1.65. The Labute approximate surface area is 120 Å². The summed E-state index contributed by atoms with van der Waals surface area (Å²) in [5.41, 5.74) is 2.53. The number of carbonyl (C=O) groups is 1. The van der Waals surface area contributed by atoms with Crippen molar-refractivity contribution >= 4 is 5.91 Å². The predicted molar refractivity (Wildman–Crippen MR) is 79.4 cm³/mol. The molecule has 0 radical (unpaired) electrons. The van der Waals surface area contributed by atoms with Crippen LogP contribution in [0.5, 0.6) is 0 Å². The van der Waals surface area contributed by atoms with Crippen molar-refractivity contribution < 1.29 is 4.79 Å². The van der Waals surface area contributed by atoms with Crippen molar-refractivity contribution in [3.63, 3.8) is 0 Å². The lowest BCUT2D eigenvalue weighted by Crippen LogP contribution is -2.51. The van der Waals surface area contributed by atoms with Crippen LogP contribution in [0.15, 0.2) is 24.3 Å². The van der Waals surface area contributed by atoms with Crippen molar-refractivity contribution in [2.24, 2.45) is 0 Å². The molecule has 1 atom stereocenters. The highest BCUT2D eigenvalue weighted by Crippen LogP contribution is 2.21. The smallest absolute Gasteiger partial charge is 0.240 e. The first-order valence-corrected chi connectivity index (χ1v) is 7.54. The Morgan fingerprint density at radius 1 is 1.20 bits per heavy atom. The Morgan fingerprint density at radius 2 is 1.95 bits per heavy atom. The lowest BCUT2D eigenvalue weighted by molar-refractivity contribution is -0.132. The van der Waals surface area contributed by atoms with Crippen LogP contribution >= 0.6 is 0 Å². The summed E-state index contributed by atoms with van der Waals surface area (Å²) in [6.45, 7) is 7.76. The van der Waals surface area contributed by atoms with Gasteiger partial charge in [0.15, 0.2) is 0 Å². The van der Waals surface area contributed by atoms with Gasteiger partial charge >= 0.3 is 0 Å². The molecular weight excluding hydrogens is 250 g/mol. The van der Waals surface area contributed by atoms with Crippen molar-refractivity contribution in [3.05, 3.63) is 35.4 Å². The molecule has 0 saturated carbocycles. The summed E-state index contributed by atoms with van der Waals surface area (Å²) in [6, 6.07) is 8.45. The van der Waals surface area contributed by atoms with Crippen LogP contribution in [0.2, 0.25) is 0 Å². The summed E-state index contributed by atoms with van der Waals surface area (Å²) < 4.78 is 0. The number of piperazine rings is 1. The average molecular weight is 273 g/mol. The van der Waals surface area contributed by atoms with E-state index in [2.05, 4.69) is 35.3 Å². The number of rotatable bonds is 3. The molecule has 1 amide bonds. The van der Waals surface area contributed by atoms with Crippen molar-refractivity contribution in [3.8, 4) is 0 Å². The van der Waals surface area contributed by atoms with Crippen LogP contribution in [-0.4, -0.2) is 54.5 Å². The molecule has 0 aromatic heterocycles. The summed E-state index contributed by atoms with van der Waals surface area (Å²) in [5.74, 6) is 0.315. The number of nitrogens with zero attached hydrogens (tertiary/aromatic N) is 2. The van der Waals surface area contributed by atoms with Gasteiger partial charge in [-0.15, -0.1) is 0 Å². The van der Waals surface area contributed by atoms with Crippen LogP contribution in [0.25, 0.3) is 0 Å². The van der Waals surface area contributed by atoms with Gasteiger partial charge in [0.1, 0.15) is 0 Å². The molecule has 0 spiro atoms. The standard InChI is InChI=1S/C16H23N3O/c1-13-4-2-3-5-14(13)12-19-9-6-15(16(19)20)18-10-7-17-8-11-18/h2-5,15,17H,6-12H2,1H3. The third kappa shape index (κ3) is 2.72. The second kappa shape index (κ2) is 5.94. The quantitative estimate of drug-likeness (QED) is 0.892. The minimum atomic E-state index is 0.112. The number of amides is 1. The molecule has 20 heavy (non-hydrogen) atoms.